The zero-order valence-electron chi connectivity index (χ0n) is 24.0. The lowest BCUT2D eigenvalue weighted by atomic mass is 9.73. The second kappa shape index (κ2) is 9.88. The molecule has 9 rings (SSSR count). The number of ether oxygens (including phenoxy) is 3. The van der Waals surface area contributed by atoms with Gasteiger partial charge in [0.25, 0.3) is 0 Å². The molecule has 0 amide bonds. The summed E-state index contributed by atoms with van der Waals surface area (Å²) in [5, 5.41) is 2.66. The summed E-state index contributed by atoms with van der Waals surface area (Å²) in [5.74, 6) is 4.58. The topological polar surface area (TPSA) is 44.8 Å². The first-order valence-corrected chi connectivity index (χ1v) is 16.3. The molecule has 5 unspecified atom stereocenters. The van der Waals surface area contributed by atoms with Gasteiger partial charge in [-0.2, -0.15) is 0 Å². The van der Waals surface area contributed by atoms with E-state index < -0.39 is 0 Å². The smallest absolute Gasteiger partial charge is 0.344 e. The molecule has 5 aromatic rings. The fourth-order valence-electron chi connectivity index (χ4n) is 8.33. The predicted octanol–water partition coefficient (Wildman–Crippen LogP) is 9.58. The molecule has 212 valence electrons. The van der Waals surface area contributed by atoms with Crippen LogP contribution in [0.5, 0.6) is 17.2 Å². The van der Waals surface area contributed by atoms with Crippen LogP contribution < -0.4 is 9.47 Å². The number of thiophene rings is 1. The molecule has 4 aliphatic rings. The number of hydrogen-bond acceptors (Lipinski definition) is 4. The van der Waals surface area contributed by atoms with Gasteiger partial charge in [0.15, 0.2) is 20.9 Å². The van der Waals surface area contributed by atoms with E-state index in [9.17, 15) is 4.79 Å². The summed E-state index contributed by atoms with van der Waals surface area (Å²) in [4.78, 5) is 14.1. The van der Waals surface area contributed by atoms with Crippen LogP contribution in [0, 0.1) is 30.6 Å². The van der Waals surface area contributed by atoms with Gasteiger partial charge in [-0.25, -0.2) is 4.79 Å². The molecule has 5 atom stereocenters. The Bertz CT molecular complexity index is 1760. The lowest BCUT2D eigenvalue weighted by Gasteiger charge is -2.41. The van der Waals surface area contributed by atoms with Crippen LogP contribution in [0.4, 0.5) is 0 Å². The quantitative estimate of drug-likeness (QED) is 0.143. The van der Waals surface area contributed by atoms with Crippen molar-refractivity contribution in [3.05, 3.63) is 96.6 Å². The summed E-state index contributed by atoms with van der Waals surface area (Å²) < 4.78 is 21.0. The fraction of sp³-hybridized carbons (Fsp3) is 0.324. The highest BCUT2D eigenvalue weighted by atomic mass is 32.2. The number of benzene rings is 4. The monoisotopic (exact) mass is 575 g/mol. The van der Waals surface area contributed by atoms with Gasteiger partial charge in [0.1, 0.15) is 22.8 Å². The maximum Gasteiger partial charge on any atom is 0.344 e. The molecule has 0 spiro atoms. The highest BCUT2D eigenvalue weighted by Crippen LogP contribution is 2.63. The van der Waals surface area contributed by atoms with Gasteiger partial charge in [0.05, 0.1) is 0 Å². The second-order valence-electron chi connectivity index (χ2n) is 12.6. The summed E-state index contributed by atoms with van der Waals surface area (Å²) in [6.45, 7) is 4.07. The Balaban J connectivity index is 0.936. The molecular weight excluding hydrogens is 540 g/mol. The third kappa shape index (κ3) is 4.20. The van der Waals surface area contributed by atoms with Crippen molar-refractivity contribution in [2.75, 3.05) is 6.61 Å². The van der Waals surface area contributed by atoms with E-state index in [0.29, 0.717) is 17.6 Å². The fourth-order valence-corrected chi connectivity index (χ4v) is 10.7. The van der Waals surface area contributed by atoms with Crippen LogP contribution in [0.15, 0.2) is 91.0 Å². The first kappa shape index (κ1) is 25.8. The molecule has 4 aliphatic carbocycles. The van der Waals surface area contributed by atoms with Crippen molar-refractivity contribution in [3.8, 4) is 22.1 Å². The first-order chi connectivity index (χ1) is 20.5. The van der Waals surface area contributed by atoms with Gasteiger partial charge in [0.2, 0.25) is 0 Å². The maximum absolute atomic E-state index is 12.8. The van der Waals surface area contributed by atoms with Crippen molar-refractivity contribution in [1.29, 1.82) is 0 Å². The Morgan fingerprint density at radius 2 is 1.52 bits per heavy atom. The summed E-state index contributed by atoms with van der Waals surface area (Å²) in [6, 6.07) is 31.6. The Kier molecular flexibility index (Phi) is 6.08. The van der Waals surface area contributed by atoms with Gasteiger partial charge in [-0.05, 0) is 117 Å². The molecule has 42 heavy (non-hydrogen) atoms. The van der Waals surface area contributed by atoms with Crippen LogP contribution in [0.1, 0.15) is 38.2 Å². The van der Waals surface area contributed by atoms with Crippen molar-refractivity contribution in [1.82, 2.24) is 0 Å². The van der Waals surface area contributed by atoms with Crippen LogP contribution in [-0.2, 0) is 9.53 Å². The molecule has 1 heterocycles. The molecule has 4 fully saturated rings. The minimum atomic E-state index is -0.314. The Morgan fingerprint density at radius 1 is 0.833 bits per heavy atom. The predicted molar refractivity (Wildman–Crippen MR) is 169 cm³/mol. The van der Waals surface area contributed by atoms with E-state index in [2.05, 4.69) is 67.6 Å². The Labute approximate surface area is 249 Å². The number of hydrogen-bond donors (Lipinski definition) is 0. The highest BCUT2D eigenvalue weighted by Gasteiger charge is 2.62. The van der Waals surface area contributed by atoms with Crippen molar-refractivity contribution in [2.24, 2.45) is 23.7 Å². The van der Waals surface area contributed by atoms with Gasteiger partial charge in [-0.1, -0.05) is 24.3 Å². The molecule has 1 aromatic heterocycles. The first-order valence-electron chi connectivity index (χ1n) is 15.1. The largest absolute Gasteiger partial charge is 0.482 e. The van der Waals surface area contributed by atoms with E-state index >= 15 is 0 Å². The standard InChI is InChI=1S/C37H35O4S/c1-23-17-28(13-16-33(23)39-22-36(38)41-37(2)26-19-24-18-25(21-26)32(37)20-24)40-27-11-14-29(15-12-27)42-34-9-5-3-7-30(34)31-8-4-6-10-35(31)42/h3-17,24-26,32H,18-22H2,1-2H3/q+1. The Morgan fingerprint density at radius 3 is 2.21 bits per heavy atom. The number of carbonyl (C=O) groups is 1. The van der Waals surface area contributed by atoms with E-state index in [0.717, 1.165) is 28.9 Å². The number of rotatable bonds is 7. The summed E-state index contributed by atoms with van der Waals surface area (Å²) >= 11 is 0. The summed E-state index contributed by atoms with van der Waals surface area (Å²) in [7, 11) is -0.124. The third-order valence-electron chi connectivity index (χ3n) is 10.2. The third-order valence-corrected chi connectivity index (χ3v) is 12.5. The van der Waals surface area contributed by atoms with Crippen molar-refractivity contribution in [2.45, 2.75) is 45.1 Å². The molecule has 0 radical (unpaired) electrons. The van der Waals surface area contributed by atoms with Crippen LogP contribution in [0.2, 0.25) is 0 Å². The number of fused-ring (bicyclic) bond motifs is 3. The summed E-state index contributed by atoms with van der Waals surface area (Å²) in [5.41, 5.74) is 0.605. The molecule has 4 aromatic carbocycles. The van der Waals surface area contributed by atoms with Crippen molar-refractivity contribution < 1.29 is 19.0 Å². The van der Waals surface area contributed by atoms with E-state index in [1.54, 1.807) is 0 Å². The van der Waals surface area contributed by atoms with Crippen LogP contribution >= 0.6 is 10.5 Å². The molecule has 0 saturated heterocycles. The minimum Gasteiger partial charge on any atom is -0.482 e. The minimum absolute atomic E-state index is 0.0696. The van der Waals surface area contributed by atoms with E-state index in [4.69, 9.17) is 14.2 Å². The van der Waals surface area contributed by atoms with Crippen molar-refractivity contribution in [3.63, 3.8) is 0 Å². The molecule has 0 aliphatic heterocycles. The maximum atomic E-state index is 12.8. The summed E-state index contributed by atoms with van der Waals surface area (Å²) in [6.07, 6.45) is 4.98. The highest BCUT2D eigenvalue weighted by molar-refractivity contribution is 7.50. The lowest BCUT2D eigenvalue weighted by Crippen LogP contribution is -2.45. The number of esters is 1. The van der Waals surface area contributed by atoms with Crippen LogP contribution in [-0.4, -0.2) is 18.2 Å². The molecule has 4 saturated carbocycles. The molecule has 0 N–H and O–H groups in total. The van der Waals surface area contributed by atoms with E-state index in [1.807, 2.05) is 37.3 Å². The van der Waals surface area contributed by atoms with Crippen molar-refractivity contribution >= 4 is 36.6 Å². The number of carbonyl (C=O) groups excluding carboxylic acids is 1. The normalized spacial score (nSPS) is 25.8. The van der Waals surface area contributed by atoms with Crippen LogP contribution in [0.3, 0.4) is 0 Å². The second-order valence-corrected chi connectivity index (χ2v) is 14.6. The van der Waals surface area contributed by atoms with Gasteiger partial charge in [-0.15, -0.1) is 0 Å². The van der Waals surface area contributed by atoms with Crippen LogP contribution in [0.25, 0.3) is 25.1 Å². The van der Waals surface area contributed by atoms with Gasteiger partial charge in [0, 0.05) is 39.3 Å². The van der Waals surface area contributed by atoms with Gasteiger partial charge >= 0.3 is 5.97 Å². The average Bonchev–Trinajstić information content (AvgIpc) is 3.55. The van der Waals surface area contributed by atoms with E-state index in [1.165, 1.54) is 50.8 Å². The zero-order chi connectivity index (χ0) is 28.4. The molecular formula is C37H35O4S+. The Hall–Kier alpha value is -3.83. The van der Waals surface area contributed by atoms with E-state index in [-0.39, 0.29) is 28.6 Å². The lowest BCUT2D eigenvalue weighted by molar-refractivity contribution is -0.173. The average molecular weight is 576 g/mol. The van der Waals surface area contributed by atoms with Gasteiger partial charge in [-0.3, -0.25) is 0 Å². The van der Waals surface area contributed by atoms with Gasteiger partial charge < -0.3 is 14.2 Å². The number of aryl methyl sites for hydroxylation is 1. The molecule has 5 heteroatoms. The zero-order valence-corrected chi connectivity index (χ0v) is 24.9. The molecule has 4 nitrogen and oxygen atoms in total. The SMILES string of the molecule is Cc1cc(Oc2ccc(-[s+]3c4ccccc4c4ccccc43)cc2)ccc1OCC(=O)OC1(C)C2CC3CC(C2)C1C3. The molecule has 4 bridgehead atoms.